The van der Waals surface area contributed by atoms with E-state index in [1.807, 2.05) is 32.3 Å². The van der Waals surface area contributed by atoms with Crippen LogP contribution >= 0.6 is 0 Å². The van der Waals surface area contributed by atoms with Gasteiger partial charge in [-0.1, -0.05) is 12.1 Å². The molecule has 0 N–H and O–H groups in total. The highest BCUT2D eigenvalue weighted by Crippen LogP contribution is 2.21. The summed E-state index contributed by atoms with van der Waals surface area (Å²) in [4.78, 5) is 8.42. The first kappa shape index (κ1) is 22.2. The second kappa shape index (κ2) is 10.5. The van der Waals surface area contributed by atoms with Gasteiger partial charge in [-0.25, -0.2) is 9.37 Å². The molecule has 7 heteroatoms. The maximum absolute atomic E-state index is 14.0. The van der Waals surface area contributed by atoms with Gasteiger partial charge in [0, 0.05) is 32.0 Å². The van der Waals surface area contributed by atoms with Crippen molar-refractivity contribution in [1.29, 1.82) is 5.26 Å². The number of hydrogen-bond acceptors (Lipinski definition) is 6. The van der Waals surface area contributed by atoms with Crippen molar-refractivity contribution < 1.29 is 13.9 Å². The Morgan fingerprint density at radius 1 is 1.20 bits per heavy atom. The van der Waals surface area contributed by atoms with E-state index in [2.05, 4.69) is 14.8 Å². The van der Waals surface area contributed by atoms with Crippen molar-refractivity contribution in [2.45, 2.75) is 26.2 Å². The Balaban J connectivity index is 1.65. The van der Waals surface area contributed by atoms with Crippen molar-refractivity contribution in [3.8, 4) is 6.07 Å². The topological polar surface area (TPSA) is 61.6 Å². The molecule has 0 spiro atoms. The number of pyridine rings is 1. The van der Waals surface area contributed by atoms with E-state index in [4.69, 9.17) is 14.7 Å². The standard InChI is InChI=1S/C23H29FN4O2/c1-17-4-5-18(10-22(17)24)14-28(21-7-6-20(11-25)26-12-21)9-8-23-29-15-19(16-30-23)13-27(2)3/h4-7,10,12,19,23H,8-9,13-16H2,1-3H3. The largest absolute Gasteiger partial charge is 0.366 e. The van der Waals surface area contributed by atoms with E-state index in [1.54, 1.807) is 31.3 Å². The summed E-state index contributed by atoms with van der Waals surface area (Å²) in [6.45, 7) is 5.25. The average molecular weight is 413 g/mol. The first-order valence-corrected chi connectivity index (χ1v) is 10.2. The maximum Gasteiger partial charge on any atom is 0.159 e. The van der Waals surface area contributed by atoms with Gasteiger partial charge < -0.3 is 19.3 Å². The Morgan fingerprint density at radius 3 is 2.57 bits per heavy atom. The molecule has 1 fully saturated rings. The Morgan fingerprint density at radius 2 is 1.97 bits per heavy atom. The molecule has 1 aromatic carbocycles. The van der Waals surface area contributed by atoms with Crippen LogP contribution in [0.4, 0.5) is 10.1 Å². The molecule has 160 valence electrons. The molecule has 0 aliphatic carbocycles. The Hall–Kier alpha value is -2.53. The third kappa shape index (κ3) is 6.23. The van der Waals surface area contributed by atoms with Gasteiger partial charge in [-0.05, 0) is 50.3 Å². The minimum absolute atomic E-state index is 0.212. The van der Waals surface area contributed by atoms with Gasteiger partial charge in [0.1, 0.15) is 17.6 Å². The summed E-state index contributed by atoms with van der Waals surface area (Å²) < 4.78 is 25.8. The molecule has 0 amide bonds. The molecule has 30 heavy (non-hydrogen) atoms. The van der Waals surface area contributed by atoms with Crippen LogP contribution in [0.5, 0.6) is 0 Å². The molecule has 1 aliphatic rings. The van der Waals surface area contributed by atoms with E-state index in [0.717, 1.165) is 17.8 Å². The molecule has 1 aliphatic heterocycles. The molecule has 0 unspecified atom stereocenters. The lowest BCUT2D eigenvalue weighted by Gasteiger charge is -2.32. The second-order valence-electron chi connectivity index (χ2n) is 8.03. The summed E-state index contributed by atoms with van der Waals surface area (Å²) in [5.41, 5.74) is 2.74. The number of aromatic nitrogens is 1. The fourth-order valence-electron chi connectivity index (χ4n) is 3.53. The number of anilines is 1. The second-order valence-corrected chi connectivity index (χ2v) is 8.03. The molecule has 0 atom stereocenters. The summed E-state index contributed by atoms with van der Waals surface area (Å²) in [5, 5.41) is 9.00. The summed E-state index contributed by atoms with van der Waals surface area (Å²) in [5.74, 6) is 0.168. The van der Waals surface area contributed by atoms with Crippen LogP contribution in [0.15, 0.2) is 36.5 Å². The zero-order valence-corrected chi connectivity index (χ0v) is 17.8. The highest BCUT2D eigenvalue weighted by atomic mass is 19.1. The van der Waals surface area contributed by atoms with Crippen molar-refractivity contribution in [3.05, 3.63) is 59.2 Å². The van der Waals surface area contributed by atoms with E-state index in [0.29, 0.717) is 49.9 Å². The van der Waals surface area contributed by atoms with Crippen molar-refractivity contribution >= 4 is 5.69 Å². The third-order valence-electron chi connectivity index (χ3n) is 5.13. The van der Waals surface area contributed by atoms with Crippen molar-refractivity contribution in [3.63, 3.8) is 0 Å². The zero-order valence-electron chi connectivity index (χ0n) is 17.8. The van der Waals surface area contributed by atoms with Gasteiger partial charge in [-0.2, -0.15) is 5.26 Å². The fraction of sp³-hybridized carbons (Fsp3) is 0.478. The van der Waals surface area contributed by atoms with Crippen molar-refractivity contribution in [2.75, 3.05) is 45.3 Å². The molecule has 0 bridgehead atoms. The summed E-state index contributed by atoms with van der Waals surface area (Å²) in [6, 6.07) is 10.9. The van der Waals surface area contributed by atoms with Gasteiger partial charge in [0.2, 0.25) is 0 Å². The van der Waals surface area contributed by atoms with Gasteiger partial charge in [0.05, 0.1) is 25.1 Å². The molecule has 0 saturated carbocycles. The number of rotatable bonds is 8. The lowest BCUT2D eigenvalue weighted by atomic mass is 10.1. The van der Waals surface area contributed by atoms with Crippen LogP contribution in [0, 0.1) is 30.0 Å². The molecular weight excluding hydrogens is 383 g/mol. The summed E-state index contributed by atoms with van der Waals surface area (Å²) in [6.07, 6.45) is 2.11. The van der Waals surface area contributed by atoms with Crippen LogP contribution in [0.3, 0.4) is 0 Å². The monoisotopic (exact) mass is 412 g/mol. The minimum Gasteiger partial charge on any atom is -0.366 e. The highest BCUT2D eigenvalue weighted by molar-refractivity contribution is 5.46. The third-order valence-corrected chi connectivity index (χ3v) is 5.13. The number of ether oxygens (including phenoxy) is 2. The lowest BCUT2D eigenvalue weighted by Crippen LogP contribution is -2.39. The Kier molecular flexibility index (Phi) is 7.75. The highest BCUT2D eigenvalue weighted by Gasteiger charge is 2.23. The van der Waals surface area contributed by atoms with E-state index in [9.17, 15) is 4.39 Å². The lowest BCUT2D eigenvalue weighted by molar-refractivity contribution is -0.203. The SMILES string of the molecule is Cc1ccc(CN(CCC2OCC(CN(C)C)CO2)c2ccc(C#N)nc2)cc1F. The number of nitriles is 1. The Bertz CT molecular complexity index is 858. The molecule has 3 rings (SSSR count). The van der Waals surface area contributed by atoms with Gasteiger partial charge in [-0.3, -0.25) is 0 Å². The van der Waals surface area contributed by atoms with E-state index < -0.39 is 0 Å². The molecular formula is C23H29FN4O2. The number of hydrogen-bond donors (Lipinski definition) is 0. The zero-order chi connectivity index (χ0) is 21.5. The maximum atomic E-state index is 14.0. The van der Waals surface area contributed by atoms with Crippen LogP contribution < -0.4 is 4.90 Å². The predicted octanol–water partition coefficient (Wildman–Crippen LogP) is 3.35. The van der Waals surface area contributed by atoms with E-state index >= 15 is 0 Å². The molecule has 1 saturated heterocycles. The van der Waals surface area contributed by atoms with Gasteiger partial charge in [0.25, 0.3) is 0 Å². The first-order valence-electron chi connectivity index (χ1n) is 10.2. The van der Waals surface area contributed by atoms with Gasteiger partial charge >= 0.3 is 0 Å². The first-order chi connectivity index (χ1) is 14.4. The van der Waals surface area contributed by atoms with Crippen LogP contribution in [0.1, 0.15) is 23.2 Å². The quantitative estimate of drug-likeness (QED) is 0.663. The van der Waals surface area contributed by atoms with Crippen LogP contribution in [0.25, 0.3) is 0 Å². The number of aryl methyl sites for hydroxylation is 1. The molecule has 2 aromatic rings. The minimum atomic E-state index is -0.257. The molecule has 0 radical (unpaired) electrons. The molecule has 2 heterocycles. The smallest absolute Gasteiger partial charge is 0.159 e. The number of benzene rings is 1. The van der Waals surface area contributed by atoms with Crippen LogP contribution in [-0.4, -0.2) is 56.6 Å². The average Bonchev–Trinajstić information content (AvgIpc) is 2.74. The van der Waals surface area contributed by atoms with Crippen LogP contribution in [0.2, 0.25) is 0 Å². The van der Waals surface area contributed by atoms with Crippen LogP contribution in [-0.2, 0) is 16.0 Å². The van der Waals surface area contributed by atoms with Crippen molar-refractivity contribution in [2.24, 2.45) is 5.92 Å². The normalized spacial score (nSPS) is 18.9. The molecule has 1 aromatic heterocycles. The predicted molar refractivity (Wildman–Crippen MR) is 113 cm³/mol. The Labute approximate surface area is 177 Å². The van der Waals surface area contributed by atoms with E-state index in [-0.39, 0.29) is 12.1 Å². The summed E-state index contributed by atoms with van der Waals surface area (Å²) in [7, 11) is 4.09. The number of halogens is 1. The molecule has 6 nitrogen and oxygen atoms in total. The number of nitrogens with zero attached hydrogens (tertiary/aromatic N) is 4. The fourth-order valence-corrected chi connectivity index (χ4v) is 3.53. The van der Waals surface area contributed by atoms with Crippen molar-refractivity contribution in [1.82, 2.24) is 9.88 Å². The summed E-state index contributed by atoms with van der Waals surface area (Å²) >= 11 is 0. The van der Waals surface area contributed by atoms with Gasteiger partial charge in [0.15, 0.2) is 6.29 Å². The van der Waals surface area contributed by atoms with Gasteiger partial charge in [-0.15, -0.1) is 0 Å². The van der Waals surface area contributed by atoms with E-state index in [1.165, 1.54) is 0 Å².